The molecule has 1 heterocycles. The van der Waals surface area contributed by atoms with Gasteiger partial charge in [-0.05, 0) is 80.5 Å². The molecule has 0 amide bonds. The van der Waals surface area contributed by atoms with Crippen LogP contribution in [-0.4, -0.2) is 21.3 Å². The molecular formula is C26H29NO5S. The molecule has 2 bridgehead atoms. The number of unbranched alkanes of at least 4 members (excludes halogenated alkanes) is 1. The van der Waals surface area contributed by atoms with E-state index in [-0.39, 0.29) is 12.5 Å². The smallest absolute Gasteiger partial charge is 0.303 e. The number of carboxylic acids is 1. The zero-order valence-corrected chi connectivity index (χ0v) is 19.3. The molecule has 2 unspecified atom stereocenters. The van der Waals surface area contributed by atoms with E-state index in [1.807, 2.05) is 36.4 Å². The van der Waals surface area contributed by atoms with Crippen LogP contribution in [0.1, 0.15) is 44.9 Å². The summed E-state index contributed by atoms with van der Waals surface area (Å²) in [6.07, 6.45) is 10.4. The Morgan fingerprint density at radius 3 is 2.82 bits per heavy atom. The van der Waals surface area contributed by atoms with Crippen LogP contribution in [0.4, 0.5) is 0 Å². The Morgan fingerprint density at radius 2 is 1.94 bits per heavy atom. The molecule has 0 saturated heterocycles. The molecule has 6 nitrogen and oxygen atoms in total. The topological polar surface area (TPSA) is 88.8 Å². The Hall–Kier alpha value is -2.64. The summed E-state index contributed by atoms with van der Waals surface area (Å²) in [5.41, 5.74) is 1.61. The minimum atomic E-state index is -1.63. The van der Waals surface area contributed by atoms with E-state index >= 15 is 0 Å². The summed E-state index contributed by atoms with van der Waals surface area (Å²) in [6, 6.07) is 13.6. The number of carboxylic acid groups (broad SMARTS) is 1. The molecule has 0 spiro atoms. The van der Waals surface area contributed by atoms with Crippen LogP contribution >= 0.6 is 0 Å². The maximum Gasteiger partial charge on any atom is 0.303 e. The minimum Gasteiger partial charge on any atom is -0.481 e. The summed E-state index contributed by atoms with van der Waals surface area (Å²) < 4.78 is 27.8. The lowest BCUT2D eigenvalue weighted by Crippen LogP contribution is -2.42. The Labute approximate surface area is 195 Å². The predicted molar refractivity (Wildman–Crippen MR) is 129 cm³/mol. The monoisotopic (exact) mass is 467 g/mol. The molecule has 2 fully saturated rings. The molecule has 5 atom stereocenters. The number of aliphatic carboxylic acids is 1. The fourth-order valence-corrected chi connectivity index (χ4v) is 6.57. The summed E-state index contributed by atoms with van der Waals surface area (Å²) in [4.78, 5) is 10.6. The SMILES string of the molecule is O=C(O)CCC/C=C\C[C@H]1C(NS(=O)Oc2ccc3oc4ccccc4c3c2)[C@H]2CC[C@@H]1C2. The highest BCUT2D eigenvalue weighted by molar-refractivity contribution is 7.78. The highest BCUT2D eigenvalue weighted by Gasteiger charge is 2.47. The number of carbonyl (C=O) groups is 1. The summed E-state index contributed by atoms with van der Waals surface area (Å²) in [5.74, 6) is 1.43. The second kappa shape index (κ2) is 9.69. The van der Waals surface area contributed by atoms with Crippen LogP contribution in [0, 0.1) is 17.8 Å². The molecule has 1 aromatic heterocycles. The summed E-state index contributed by atoms with van der Waals surface area (Å²) in [5, 5.41) is 10.7. The Morgan fingerprint density at radius 1 is 1.12 bits per heavy atom. The summed E-state index contributed by atoms with van der Waals surface area (Å²) in [7, 11) is 0. The van der Waals surface area contributed by atoms with Crippen LogP contribution in [-0.2, 0) is 16.1 Å². The van der Waals surface area contributed by atoms with Gasteiger partial charge >= 0.3 is 5.97 Å². The second-order valence-electron chi connectivity index (χ2n) is 9.21. The van der Waals surface area contributed by atoms with Crippen molar-refractivity contribution in [1.82, 2.24) is 4.72 Å². The molecule has 33 heavy (non-hydrogen) atoms. The summed E-state index contributed by atoms with van der Waals surface area (Å²) in [6.45, 7) is 0. The van der Waals surface area contributed by atoms with Gasteiger partial charge in [0, 0.05) is 23.2 Å². The standard InChI is InChI=1S/C26H29NO5S/c28-25(29)10-4-2-1-3-7-20-17-11-12-18(15-17)26(20)27-33(30)32-19-13-14-24-22(16-19)21-8-5-6-9-23(21)31-24/h1,3,5-6,8-9,13-14,16-18,20,26-27H,2,4,7,10-12,15H2,(H,28,29)/b3-1-/t17-,18+,20-,26?,33?/m1/s1. The van der Waals surface area contributed by atoms with Crippen LogP contribution in [0.3, 0.4) is 0 Å². The van der Waals surface area contributed by atoms with Crippen molar-refractivity contribution in [1.29, 1.82) is 0 Å². The highest BCUT2D eigenvalue weighted by Crippen LogP contribution is 2.50. The Kier molecular flexibility index (Phi) is 6.51. The van der Waals surface area contributed by atoms with Crippen LogP contribution in [0.25, 0.3) is 21.9 Å². The number of hydrogen-bond donors (Lipinski definition) is 2. The lowest BCUT2D eigenvalue weighted by molar-refractivity contribution is -0.137. The Bertz CT molecular complexity index is 1200. The van der Waals surface area contributed by atoms with Crippen molar-refractivity contribution in [3.8, 4) is 5.75 Å². The first-order valence-corrected chi connectivity index (χ1v) is 12.8. The molecule has 2 aliphatic carbocycles. The van der Waals surface area contributed by atoms with Gasteiger partial charge in [0.25, 0.3) is 11.3 Å². The first-order chi connectivity index (χ1) is 16.1. The molecule has 7 heteroatoms. The molecule has 2 aliphatic rings. The molecule has 2 aromatic carbocycles. The van der Waals surface area contributed by atoms with Crippen LogP contribution < -0.4 is 8.91 Å². The van der Waals surface area contributed by atoms with Gasteiger partial charge in [-0.3, -0.25) is 4.79 Å². The molecule has 2 saturated carbocycles. The fourth-order valence-electron chi connectivity index (χ4n) is 5.66. The third-order valence-corrected chi connectivity index (χ3v) is 7.99. The lowest BCUT2D eigenvalue weighted by Gasteiger charge is -2.30. The maximum absolute atomic E-state index is 12.9. The number of para-hydroxylation sites is 1. The van der Waals surface area contributed by atoms with E-state index < -0.39 is 17.2 Å². The van der Waals surface area contributed by atoms with Crippen molar-refractivity contribution in [2.24, 2.45) is 17.8 Å². The molecule has 174 valence electrons. The average Bonchev–Trinajstić information content (AvgIpc) is 3.49. The second-order valence-corrected chi connectivity index (χ2v) is 10.1. The maximum atomic E-state index is 12.9. The third kappa shape index (κ3) is 4.84. The normalized spacial score (nSPS) is 25.3. The summed E-state index contributed by atoms with van der Waals surface area (Å²) >= 11 is -1.63. The van der Waals surface area contributed by atoms with E-state index in [0.717, 1.165) is 34.8 Å². The van der Waals surface area contributed by atoms with E-state index in [9.17, 15) is 9.00 Å². The highest BCUT2D eigenvalue weighted by atomic mass is 32.2. The van der Waals surface area contributed by atoms with Gasteiger partial charge in [0.05, 0.1) is 0 Å². The largest absolute Gasteiger partial charge is 0.481 e. The van der Waals surface area contributed by atoms with Crippen molar-refractivity contribution < 1.29 is 22.7 Å². The van der Waals surface area contributed by atoms with Crippen molar-refractivity contribution in [2.45, 2.75) is 51.0 Å². The van der Waals surface area contributed by atoms with Crippen molar-refractivity contribution in [3.05, 3.63) is 54.6 Å². The first kappa shape index (κ1) is 22.2. The third-order valence-electron chi connectivity index (χ3n) is 7.18. The van der Waals surface area contributed by atoms with E-state index in [0.29, 0.717) is 29.9 Å². The molecule has 0 aliphatic heterocycles. The van der Waals surface area contributed by atoms with E-state index in [1.54, 1.807) is 6.07 Å². The molecule has 5 rings (SSSR count). The quantitative estimate of drug-likeness (QED) is 0.293. The van der Waals surface area contributed by atoms with Gasteiger partial charge in [-0.2, -0.15) is 4.21 Å². The number of allylic oxidation sites excluding steroid dienone is 2. The van der Waals surface area contributed by atoms with E-state index in [2.05, 4.69) is 16.9 Å². The average molecular weight is 468 g/mol. The van der Waals surface area contributed by atoms with Crippen LogP contribution in [0.15, 0.2) is 59.0 Å². The van der Waals surface area contributed by atoms with Gasteiger partial charge in [-0.25, -0.2) is 4.72 Å². The Balaban J connectivity index is 1.21. The zero-order valence-electron chi connectivity index (χ0n) is 18.4. The van der Waals surface area contributed by atoms with Gasteiger partial charge in [0.1, 0.15) is 16.9 Å². The molecule has 2 N–H and O–H groups in total. The van der Waals surface area contributed by atoms with Gasteiger partial charge in [0.15, 0.2) is 0 Å². The lowest BCUT2D eigenvalue weighted by atomic mass is 9.83. The number of rotatable bonds is 10. The number of nitrogens with one attached hydrogen (secondary N) is 1. The zero-order chi connectivity index (χ0) is 22.8. The van der Waals surface area contributed by atoms with Gasteiger partial charge in [0.2, 0.25) is 0 Å². The minimum absolute atomic E-state index is 0.173. The van der Waals surface area contributed by atoms with Crippen molar-refractivity contribution in [3.63, 3.8) is 0 Å². The number of furan rings is 1. The molecule has 0 radical (unpaired) electrons. The number of fused-ring (bicyclic) bond motifs is 5. The van der Waals surface area contributed by atoms with Gasteiger partial charge in [-0.15, -0.1) is 0 Å². The number of hydrogen-bond acceptors (Lipinski definition) is 4. The van der Waals surface area contributed by atoms with Gasteiger partial charge in [-0.1, -0.05) is 30.4 Å². The van der Waals surface area contributed by atoms with Crippen LogP contribution in [0.2, 0.25) is 0 Å². The van der Waals surface area contributed by atoms with Crippen molar-refractivity contribution in [2.75, 3.05) is 0 Å². The van der Waals surface area contributed by atoms with E-state index in [4.69, 9.17) is 13.7 Å². The molecule has 3 aromatic rings. The van der Waals surface area contributed by atoms with Gasteiger partial charge < -0.3 is 13.7 Å². The van der Waals surface area contributed by atoms with E-state index in [1.165, 1.54) is 19.3 Å². The predicted octanol–water partition coefficient (Wildman–Crippen LogP) is 5.75. The number of benzene rings is 2. The first-order valence-electron chi connectivity index (χ1n) is 11.7. The molecular weight excluding hydrogens is 438 g/mol. The van der Waals surface area contributed by atoms with Crippen LogP contribution in [0.5, 0.6) is 5.75 Å². The fraction of sp³-hybridized carbons (Fsp3) is 0.423. The van der Waals surface area contributed by atoms with Crippen molar-refractivity contribution >= 4 is 39.2 Å².